The number of nitro groups is 2. The molecule has 32 heavy (non-hydrogen) atoms. The number of thiocarbonyl (C=S) groups is 1. The maximum atomic E-state index is 12.4. The molecule has 0 unspecified atom stereocenters. The molecule has 14 heteroatoms. The first-order valence-corrected chi connectivity index (χ1v) is 8.84. The van der Waals surface area contributed by atoms with Gasteiger partial charge in [0.2, 0.25) is 0 Å². The lowest BCUT2D eigenvalue weighted by molar-refractivity contribution is -0.394. The van der Waals surface area contributed by atoms with Gasteiger partial charge in [0.25, 0.3) is 17.3 Å². The molecule has 2 aromatic rings. The van der Waals surface area contributed by atoms with E-state index in [0.717, 1.165) is 26.4 Å². The van der Waals surface area contributed by atoms with Gasteiger partial charge in [-0.05, 0) is 30.4 Å². The smallest absolute Gasteiger partial charge is 0.337 e. The maximum Gasteiger partial charge on any atom is 0.337 e. The Morgan fingerprint density at radius 1 is 0.812 bits per heavy atom. The maximum absolute atomic E-state index is 12.4. The van der Waals surface area contributed by atoms with Gasteiger partial charge in [-0.15, -0.1) is 0 Å². The highest BCUT2D eigenvalue weighted by Gasteiger charge is 2.21. The van der Waals surface area contributed by atoms with Gasteiger partial charge in [-0.3, -0.25) is 30.3 Å². The van der Waals surface area contributed by atoms with E-state index < -0.39 is 39.1 Å². The predicted molar refractivity (Wildman–Crippen MR) is 113 cm³/mol. The van der Waals surface area contributed by atoms with Crippen LogP contribution in [0, 0.1) is 20.2 Å². The molecular weight excluding hydrogens is 448 g/mol. The van der Waals surface area contributed by atoms with Gasteiger partial charge in [0.15, 0.2) is 5.11 Å². The molecule has 166 valence electrons. The summed E-state index contributed by atoms with van der Waals surface area (Å²) in [6.07, 6.45) is 0. The van der Waals surface area contributed by atoms with E-state index in [2.05, 4.69) is 20.1 Å². The minimum atomic E-state index is -0.966. The molecule has 0 aliphatic heterocycles. The normalized spacial score (nSPS) is 9.94. The van der Waals surface area contributed by atoms with Crippen LogP contribution in [0.25, 0.3) is 0 Å². The SMILES string of the molecule is COC(=O)c1cc(NC(=S)NC(=O)c2cc([N+](=O)[O-])cc([N+](=O)[O-])c2)cc(C(=O)OC)c1. The minimum absolute atomic E-state index is 0.0127. The van der Waals surface area contributed by atoms with Crippen molar-refractivity contribution in [1.29, 1.82) is 0 Å². The number of rotatable bonds is 6. The Bertz CT molecular complexity index is 1080. The number of non-ortho nitro benzene ring substituents is 2. The number of nitro benzene ring substituents is 2. The third-order valence-corrected chi connectivity index (χ3v) is 4.05. The van der Waals surface area contributed by atoms with Gasteiger partial charge in [0, 0.05) is 17.8 Å². The lowest BCUT2D eigenvalue weighted by Gasteiger charge is -2.12. The number of hydrogen-bond acceptors (Lipinski definition) is 10. The van der Waals surface area contributed by atoms with Crippen LogP contribution in [0.4, 0.5) is 17.1 Å². The van der Waals surface area contributed by atoms with Crippen molar-refractivity contribution in [3.8, 4) is 0 Å². The van der Waals surface area contributed by atoms with Crippen molar-refractivity contribution < 1.29 is 33.7 Å². The number of ether oxygens (including phenoxy) is 2. The molecule has 0 heterocycles. The van der Waals surface area contributed by atoms with E-state index in [4.69, 9.17) is 12.2 Å². The second-order valence-corrected chi connectivity index (χ2v) is 6.35. The van der Waals surface area contributed by atoms with Crippen LogP contribution in [0.15, 0.2) is 36.4 Å². The number of amides is 1. The Morgan fingerprint density at radius 3 is 1.69 bits per heavy atom. The van der Waals surface area contributed by atoms with Crippen LogP contribution in [-0.2, 0) is 9.47 Å². The van der Waals surface area contributed by atoms with Crippen molar-refractivity contribution in [3.05, 3.63) is 73.3 Å². The molecular formula is C18H14N4O9S. The number of hydrogen-bond donors (Lipinski definition) is 2. The minimum Gasteiger partial charge on any atom is -0.465 e. The Kier molecular flexibility index (Phi) is 7.47. The molecule has 0 aromatic heterocycles. The summed E-state index contributed by atoms with van der Waals surface area (Å²) in [4.78, 5) is 56.3. The highest BCUT2D eigenvalue weighted by molar-refractivity contribution is 7.80. The summed E-state index contributed by atoms with van der Waals surface area (Å²) in [5, 5.41) is 26.4. The van der Waals surface area contributed by atoms with Crippen LogP contribution in [0.3, 0.4) is 0 Å². The van der Waals surface area contributed by atoms with Crippen LogP contribution in [0.1, 0.15) is 31.1 Å². The largest absolute Gasteiger partial charge is 0.465 e. The number of nitrogens with one attached hydrogen (secondary N) is 2. The Labute approximate surface area is 184 Å². The van der Waals surface area contributed by atoms with Gasteiger partial charge in [-0.2, -0.15) is 0 Å². The summed E-state index contributed by atoms with van der Waals surface area (Å²) >= 11 is 5.01. The number of anilines is 1. The fourth-order valence-electron chi connectivity index (χ4n) is 2.45. The van der Waals surface area contributed by atoms with Crippen molar-refractivity contribution in [2.24, 2.45) is 0 Å². The summed E-state index contributed by atoms with van der Waals surface area (Å²) in [5.41, 5.74) is -1.60. The standard InChI is InChI=1S/C18H14N4O9S/c1-30-16(24)10-3-11(17(25)31-2)5-12(4-10)19-18(32)20-15(23)9-6-13(21(26)27)8-14(7-9)22(28)29/h3-8H,1-2H3,(H2,19,20,23,32). The van der Waals surface area contributed by atoms with Crippen molar-refractivity contribution in [2.75, 3.05) is 19.5 Å². The fourth-order valence-corrected chi connectivity index (χ4v) is 2.66. The molecule has 0 saturated carbocycles. The molecule has 0 spiro atoms. The van der Waals surface area contributed by atoms with Crippen LogP contribution in [0.5, 0.6) is 0 Å². The van der Waals surface area contributed by atoms with Crippen molar-refractivity contribution >= 4 is 52.2 Å². The molecule has 0 aliphatic carbocycles. The Hall–Kier alpha value is -4.46. The Morgan fingerprint density at radius 2 is 1.28 bits per heavy atom. The number of methoxy groups -OCH3 is 2. The molecule has 0 atom stereocenters. The van der Waals surface area contributed by atoms with E-state index in [0.29, 0.717) is 6.07 Å². The summed E-state index contributed by atoms with van der Waals surface area (Å²) in [5.74, 6) is -2.47. The zero-order valence-corrected chi connectivity index (χ0v) is 17.3. The molecule has 0 radical (unpaired) electrons. The van der Waals surface area contributed by atoms with E-state index in [1.807, 2.05) is 0 Å². The van der Waals surface area contributed by atoms with E-state index in [-0.39, 0.29) is 27.5 Å². The average Bonchev–Trinajstić information content (AvgIpc) is 2.76. The zero-order valence-electron chi connectivity index (χ0n) is 16.4. The van der Waals surface area contributed by atoms with Crippen LogP contribution in [-0.4, -0.2) is 47.0 Å². The third-order valence-electron chi connectivity index (χ3n) is 3.85. The van der Waals surface area contributed by atoms with Gasteiger partial charge in [0.1, 0.15) is 0 Å². The van der Waals surface area contributed by atoms with E-state index in [1.165, 1.54) is 18.2 Å². The molecule has 2 aromatic carbocycles. The molecule has 0 bridgehead atoms. The monoisotopic (exact) mass is 462 g/mol. The van der Waals surface area contributed by atoms with Crippen molar-refractivity contribution in [3.63, 3.8) is 0 Å². The summed E-state index contributed by atoms with van der Waals surface area (Å²) in [6, 6.07) is 6.20. The fraction of sp³-hybridized carbons (Fsp3) is 0.111. The van der Waals surface area contributed by atoms with Gasteiger partial charge >= 0.3 is 11.9 Å². The summed E-state index contributed by atoms with van der Waals surface area (Å²) in [7, 11) is 2.28. The molecule has 1 amide bonds. The van der Waals surface area contributed by atoms with Gasteiger partial charge < -0.3 is 14.8 Å². The van der Waals surface area contributed by atoms with Crippen LogP contribution < -0.4 is 10.6 Å². The molecule has 2 N–H and O–H groups in total. The van der Waals surface area contributed by atoms with Gasteiger partial charge in [0.05, 0.1) is 46.8 Å². The topological polar surface area (TPSA) is 180 Å². The van der Waals surface area contributed by atoms with Gasteiger partial charge in [-0.1, -0.05) is 0 Å². The predicted octanol–water partition coefficient (Wildman–Crippen LogP) is 2.20. The highest BCUT2D eigenvalue weighted by Crippen LogP contribution is 2.23. The van der Waals surface area contributed by atoms with Crippen LogP contribution in [0.2, 0.25) is 0 Å². The van der Waals surface area contributed by atoms with E-state index >= 15 is 0 Å². The number of carbonyl (C=O) groups is 3. The molecule has 2 rings (SSSR count). The first-order valence-electron chi connectivity index (χ1n) is 8.43. The zero-order chi connectivity index (χ0) is 24.0. The number of carbonyl (C=O) groups excluding carboxylic acids is 3. The summed E-state index contributed by atoms with van der Waals surface area (Å²) < 4.78 is 9.23. The highest BCUT2D eigenvalue weighted by atomic mass is 32.1. The van der Waals surface area contributed by atoms with Gasteiger partial charge in [-0.25, -0.2) is 9.59 Å². The third kappa shape index (κ3) is 5.79. The quantitative estimate of drug-likeness (QED) is 0.278. The van der Waals surface area contributed by atoms with Crippen LogP contribution >= 0.6 is 12.2 Å². The van der Waals surface area contributed by atoms with E-state index in [9.17, 15) is 34.6 Å². The lowest BCUT2D eigenvalue weighted by Crippen LogP contribution is -2.34. The Balaban J connectivity index is 2.28. The summed E-state index contributed by atoms with van der Waals surface area (Å²) in [6.45, 7) is 0. The first kappa shape index (κ1) is 23.8. The van der Waals surface area contributed by atoms with Crippen molar-refractivity contribution in [1.82, 2.24) is 5.32 Å². The lowest BCUT2D eigenvalue weighted by atomic mass is 10.1. The number of benzene rings is 2. The van der Waals surface area contributed by atoms with E-state index in [1.54, 1.807) is 0 Å². The molecule has 13 nitrogen and oxygen atoms in total. The number of esters is 2. The second kappa shape index (κ2) is 10.0. The average molecular weight is 462 g/mol. The second-order valence-electron chi connectivity index (χ2n) is 5.94. The van der Waals surface area contributed by atoms with Crippen molar-refractivity contribution in [2.45, 2.75) is 0 Å². The molecule has 0 saturated heterocycles. The molecule has 0 aliphatic rings. The number of nitrogens with zero attached hydrogens (tertiary/aromatic N) is 2. The molecule has 0 fully saturated rings. The first-order chi connectivity index (χ1) is 15.0.